The SMILES string of the molecule is CN1C(=O)[C@H]2CCCCN2c2ccc(C(=O)NCCc3ccccc3)cc21. The van der Waals surface area contributed by atoms with E-state index in [1.807, 2.05) is 43.4 Å². The molecular weight excluding hydrogens is 338 g/mol. The molecule has 2 aromatic rings. The van der Waals surface area contributed by atoms with Gasteiger partial charge in [-0.25, -0.2) is 0 Å². The monoisotopic (exact) mass is 363 g/mol. The summed E-state index contributed by atoms with van der Waals surface area (Å²) in [5.74, 6) is 0.0270. The summed E-state index contributed by atoms with van der Waals surface area (Å²) >= 11 is 0. The molecule has 0 spiro atoms. The van der Waals surface area contributed by atoms with Crippen LogP contribution in [-0.2, 0) is 11.2 Å². The molecule has 2 heterocycles. The fraction of sp³-hybridized carbons (Fsp3) is 0.364. The molecule has 0 aliphatic carbocycles. The van der Waals surface area contributed by atoms with Crippen LogP contribution in [0.4, 0.5) is 11.4 Å². The zero-order valence-corrected chi connectivity index (χ0v) is 15.6. The molecule has 1 saturated heterocycles. The first kappa shape index (κ1) is 17.6. The van der Waals surface area contributed by atoms with Crippen molar-refractivity contribution in [2.24, 2.45) is 0 Å². The van der Waals surface area contributed by atoms with Crippen LogP contribution in [0.3, 0.4) is 0 Å². The molecule has 140 valence electrons. The van der Waals surface area contributed by atoms with E-state index >= 15 is 0 Å². The Morgan fingerprint density at radius 3 is 2.74 bits per heavy atom. The highest BCUT2D eigenvalue weighted by atomic mass is 16.2. The van der Waals surface area contributed by atoms with Crippen molar-refractivity contribution in [1.82, 2.24) is 5.32 Å². The molecule has 27 heavy (non-hydrogen) atoms. The minimum Gasteiger partial charge on any atom is -0.358 e. The summed E-state index contributed by atoms with van der Waals surface area (Å²) in [5.41, 5.74) is 3.68. The molecular formula is C22H25N3O2. The number of benzene rings is 2. The molecule has 2 aliphatic heterocycles. The maximum absolute atomic E-state index is 12.7. The van der Waals surface area contributed by atoms with Gasteiger partial charge in [0.2, 0.25) is 5.91 Å². The van der Waals surface area contributed by atoms with E-state index in [1.165, 1.54) is 5.56 Å². The number of fused-ring (bicyclic) bond motifs is 3. The number of piperidine rings is 1. The highest BCUT2D eigenvalue weighted by Gasteiger charge is 2.37. The summed E-state index contributed by atoms with van der Waals surface area (Å²) in [6.07, 6.45) is 3.91. The first-order chi connectivity index (χ1) is 13.1. The quantitative estimate of drug-likeness (QED) is 0.909. The molecule has 1 N–H and O–H groups in total. The third-order valence-corrected chi connectivity index (χ3v) is 5.57. The number of anilines is 2. The van der Waals surface area contributed by atoms with Gasteiger partial charge < -0.3 is 15.1 Å². The lowest BCUT2D eigenvalue weighted by Gasteiger charge is -2.44. The van der Waals surface area contributed by atoms with Gasteiger partial charge in [0, 0.05) is 25.7 Å². The van der Waals surface area contributed by atoms with Crippen LogP contribution in [-0.4, -0.2) is 38.0 Å². The van der Waals surface area contributed by atoms with Crippen molar-refractivity contribution in [3.8, 4) is 0 Å². The number of nitrogens with one attached hydrogen (secondary N) is 1. The number of carbonyl (C=O) groups is 2. The molecule has 0 bridgehead atoms. The Hall–Kier alpha value is -2.82. The van der Waals surface area contributed by atoms with Crippen molar-refractivity contribution in [3.05, 3.63) is 59.7 Å². The number of rotatable bonds is 4. The highest BCUT2D eigenvalue weighted by Crippen LogP contribution is 2.39. The molecule has 2 amide bonds. The van der Waals surface area contributed by atoms with Gasteiger partial charge >= 0.3 is 0 Å². The maximum Gasteiger partial charge on any atom is 0.251 e. The molecule has 0 radical (unpaired) electrons. The van der Waals surface area contributed by atoms with Gasteiger partial charge in [-0.05, 0) is 49.4 Å². The number of nitrogens with zero attached hydrogens (tertiary/aromatic N) is 2. The third kappa shape index (κ3) is 3.42. The van der Waals surface area contributed by atoms with E-state index in [-0.39, 0.29) is 17.9 Å². The molecule has 4 rings (SSSR count). The molecule has 5 heteroatoms. The lowest BCUT2D eigenvalue weighted by Crippen LogP contribution is -2.54. The Morgan fingerprint density at radius 2 is 1.93 bits per heavy atom. The van der Waals surface area contributed by atoms with Crippen LogP contribution in [0.5, 0.6) is 0 Å². The summed E-state index contributed by atoms with van der Waals surface area (Å²) in [7, 11) is 1.81. The molecule has 0 aromatic heterocycles. The number of amides is 2. The van der Waals surface area contributed by atoms with Crippen molar-refractivity contribution in [2.75, 3.05) is 29.9 Å². The van der Waals surface area contributed by atoms with E-state index < -0.39 is 0 Å². The zero-order valence-electron chi connectivity index (χ0n) is 15.6. The number of carbonyl (C=O) groups excluding carboxylic acids is 2. The van der Waals surface area contributed by atoms with E-state index in [9.17, 15) is 9.59 Å². The maximum atomic E-state index is 12.7. The van der Waals surface area contributed by atoms with Gasteiger partial charge in [-0.15, -0.1) is 0 Å². The smallest absolute Gasteiger partial charge is 0.251 e. The summed E-state index contributed by atoms with van der Waals surface area (Å²) in [6, 6.07) is 15.7. The van der Waals surface area contributed by atoms with E-state index in [4.69, 9.17) is 0 Å². The van der Waals surface area contributed by atoms with Crippen molar-refractivity contribution < 1.29 is 9.59 Å². The number of hydrogen-bond donors (Lipinski definition) is 1. The van der Waals surface area contributed by atoms with Gasteiger partial charge in [0.1, 0.15) is 6.04 Å². The van der Waals surface area contributed by atoms with Gasteiger partial charge in [0.15, 0.2) is 0 Å². The second-order valence-corrected chi connectivity index (χ2v) is 7.30. The average Bonchev–Trinajstić information content (AvgIpc) is 2.72. The molecule has 5 nitrogen and oxygen atoms in total. The van der Waals surface area contributed by atoms with Crippen LogP contribution in [0, 0.1) is 0 Å². The van der Waals surface area contributed by atoms with Crippen LogP contribution in [0.1, 0.15) is 35.2 Å². The van der Waals surface area contributed by atoms with E-state index in [2.05, 4.69) is 22.3 Å². The Bertz CT molecular complexity index is 850. The minimum absolute atomic E-state index is 0.0539. The largest absolute Gasteiger partial charge is 0.358 e. The minimum atomic E-state index is -0.102. The molecule has 1 fully saturated rings. The Labute approximate surface area is 160 Å². The zero-order chi connectivity index (χ0) is 18.8. The lowest BCUT2D eigenvalue weighted by molar-refractivity contribution is -0.120. The van der Waals surface area contributed by atoms with Gasteiger partial charge in [-0.3, -0.25) is 9.59 Å². The third-order valence-electron chi connectivity index (χ3n) is 5.57. The van der Waals surface area contributed by atoms with Gasteiger partial charge in [-0.1, -0.05) is 30.3 Å². The predicted molar refractivity (Wildman–Crippen MR) is 107 cm³/mol. The summed E-state index contributed by atoms with van der Waals surface area (Å²) in [5, 5.41) is 2.98. The van der Waals surface area contributed by atoms with Crippen LogP contribution in [0.15, 0.2) is 48.5 Å². The van der Waals surface area contributed by atoms with Crippen molar-refractivity contribution >= 4 is 23.2 Å². The number of hydrogen-bond acceptors (Lipinski definition) is 3. The Balaban J connectivity index is 1.49. The fourth-order valence-corrected chi connectivity index (χ4v) is 4.06. The molecule has 0 saturated carbocycles. The van der Waals surface area contributed by atoms with Crippen molar-refractivity contribution in [1.29, 1.82) is 0 Å². The fourth-order valence-electron chi connectivity index (χ4n) is 4.06. The second kappa shape index (κ2) is 7.43. The molecule has 0 unspecified atom stereocenters. The normalized spacial score (nSPS) is 18.7. The topological polar surface area (TPSA) is 52.7 Å². The van der Waals surface area contributed by atoms with E-state index in [0.717, 1.165) is 43.6 Å². The number of likely N-dealkylation sites (N-methyl/N-ethyl adjacent to an activating group) is 1. The molecule has 2 aliphatic rings. The average molecular weight is 363 g/mol. The van der Waals surface area contributed by atoms with Crippen molar-refractivity contribution in [3.63, 3.8) is 0 Å². The predicted octanol–water partition coefficient (Wildman–Crippen LogP) is 2.99. The summed E-state index contributed by atoms with van der Waals surface area (Å²) < 4.78 is 0. The summed E-state index contributed by atoms with van der Waals surface area (Å²) in [6.45, 7) is 1.49. The standard InChI is InChI=1S/C22H25N3O2/c1-24-20-15-17(21(26)23-13-12-16-7-3-2-4-8-16)10-11-18(20)25-14-6-5-9-19(25)22(24)27/h2-4,7-8,10-11,15,19H,5-6,9,12-14H2,1H3,(H,23,26)/t19-/m1/s1. The van der Waals surface area contributed by atoms with E-state index in [1.54, 1.807) is 4.90 Å². The van der Waals surface area contributed by atoms with E-state index in [0.29, 0.717) is 12.1 Å². The Morgan fingerprint density at radius 1 is 1.11 bits per heavy atom. The van der Waals surface area contributed by atoms with Gasteiger partial charge in [0.05, 0.1) is 11.4 Å². The first-order valence-corrected chi connectivity index (χ1v) is 9.65. The lowest BCUT2D eigenvalue weighted by atomic mass is 9.96. The van der Waals surface area contributed by atoms with Crippen LogP contribution >= 0.6 is 0 Å². The van der Waals surface area contributed by atoms with Crippen LogP contribution in [0.25, 0.3) is 0 Å². The van der Waals surface area contributed by atoms with Gasteiger partial charge in [0.25, 0.3) is 5.91 Å². The van der Waals surface area contributed by atoms with Crippen LogP contribution in [0.2, 0.25) is 0 Å². The van der Waals surface area contributed by atoms with Crippen LogP contribution < -0.4 is 15.1 Å². The Kier molecular flexibility index (Phi) is 4.84. The molecule has 1 atom stereocenters. The molecule has 2 aromatic carbocycles. The first-order valence-electron chi connectivity index (χ1n) is 9.65. The highest BCUT2D eigenvalue weighted by molar-refractivity contribution is 6.07. The second-order valence-electron chi connectivity index (χ2n) is 7.30. The van der Waals surface area contributed by atoms with Crippen molar-refractivity contribution in [2.45, 2.75) is 31.7 Å². The summed E-state index contributed by atoms with van der Waals surface area (Å²) in [4.78, 5) is 29.2. The van der Waals surface area contributed by atoms with Gasteiger partial charge in [-0.2, -0.15) is 0 Å².